The van der Waals surface area contributed by atoms with E-state index in [1.54, 1.807) is 0 Å². The monoisotopic (exact) mass is 316 g/mol. The van der Waals surface area contributed by atoms with Crippen LogP contribution in [0.25, 0.3) is 5.57 Å². The third-order valence-electron chi connectivity index (χ3n) is 4.20. The molecule has 1 aliphatic rings. The fourth-order valence-electron chi connectivity index (χ4n) is 3.04. The van der Waals surface area contributed by atoms with Gasteiger partial charge in [-0.2, -0.15) is 5.10 Å². The first-order valence-corrected chi connectivity index (χ1v) is 8.39. The summed E-state index contributed by atoms with van der Waals surface area (Å²) < 4.78 is 0. The molecule has 1 N–H and O–H groups in total. The van der Waals surface area contributed by atoms with Crippen molar-refractivity contribution in [1.29, 1.82) is 0 Å². The Morgan fingerprint density at radius 2 is 1.67 bits per heavy atom. The average molecular weight is 316 g/mol. The number of hydrogen-bond acceptors (Lipinski definition) is 2. The van der Waals surface area contributed by atoms with Crippen LogP contribution in [-0.2, 0) is 0 Å². The number of para-hydroxylation sites is 1. The summed E-state index contributed by atoms with van der Waals surface area (Å²) in [5.41, 5.74) is 9.46. The van der Waals surface area contributed by atoms with Crippen LogP contribution < -0.4 is 5.43 Å². The van der Waals surface area contributed by atoms with Gasteiger partial charge in [-0.1, -0.05) is 75.4 Å². The first kappa shape index (κ1) is 16.3. The number of hydrazone groups is 1. The minimum Gasteiger partial charge on any atom is -0.279 e. The van der Waals surface area contributed by atoms with Gasteiger partial charge in [-0.25, -0.2) is 0 Å². The van der Waals surface area contributed by atoms with Gasteiger partial charge in [0.1, 0.15) is 0 Å². The first-order chi connectivity index (χ1) is 11.6. The summed E-state index contributed by atoms with van der Waals surface area (Å²) in [5.74, 6) is 0. The second-order valence-electron chi connectivity index (χ2n) is 7.07. The molecule has 1 aliphatic carbocycles. The third-order valence-corrected chi connectivity index (χ3v) is 4.20. The third kappa shape index (κ3) is 3.65. The molecule has 0 bridgehead atoms. The van der Waals surface area contributed by atoms with Crippen LogP contribution in [0.15, 0.2) is 77.4 Å². The quantitative estimate of drug-likeness (QED) is 0.552. The molecule has 3 rings (SSSR count). The molecule has 2 nitrogen and oxygen atoms in total. The second-order valence-corrected chi connectivity index (χ2v) is 7.07. The number of hydrogen-bond donors (Lipinski definition) is 1. The van der Waals surface area contributed by atoms with Crippen molar-refractivity contribution >= 4 is 17.5 Å². The van der Waals surface area contributed by atoms with Crippen molar-refractivity contribution in [2.75, 3.05) is 5.43 Å². The highest BCUT2D eigenvalue weighted by atomic mass is 15.3. The maximum atomic E-state index is 4.41. The molecule has 24 heavy (non-hydrogen) atoms. The van der Waals surface area contributed by atoms with E-state index in [2.05, 4.69) is 67.7 Å². The van der Waals surface area contributed by atoms with Crippen LogP contribution in [0.4, 0.5) is 5.69 Å². The summed E-state index contributed by atoms with van der Waals surface area (Å²) in [5, 5.41) is 4.41. The van der Waals surface area contributed by atoms with Crippen molar-refractivity contribution in [3.63, 3.8) is 0 Å². The highest BCUT2D eigenvalue weighted by Crippen LogP contribution is 2.39. The van der Waals surface area contributed by atoms with Crippen molar-refractivity contribution in [3.8, 4) is 0 Å². The Labute approximate surface area is 144 Å². The molecule has 0 unspecified atom stereocenters. The molecule has 0 saturated carbocycles. The molecule has 0 aromatic heterocycles. The first-order valence-electron chi connectivity index (χ1n) is 8.39. The molecule has 0 aliphatic heterocycles. The van der Waals surface area contributed by atoms with Gasteiger partial charge in [0.15, 0.2) is 0 Å². The fraction of sp³-hybridized carbons (Fsp3) is 0.227. The van der Waals surface area contributed by atoms with Crippen LogP contribution in [0, 0.1) is 5.41 Å². The highest BCUT2D eigenvalue weighted by Gasteiger charge is 2.23. The van der Waals surface area contributed by atoms with Gasteiger partial charge in [-0.3, -0.25) is 5.43 Å². The normalized spacial score (nSPS) is 14.6. The van der Waals surface area contributed by atoms with Gasteiger partial charge in [0.05, 0.1) is 11.9 Å². The molecule has 0 spiro atoms. The zero-order valence-electron chi connectivity index (χ0n) is 14.6. The van der Waals surface area contributed by atoms with E-state index in [0.717, 1.165) is 17.7 Å². The van der Waals surface area contributed by atoms with E-state index in [4.69, 9.17) is 0 Å². The summed E-state index contributed by atoms with van der Waals surface area (Å²) in [4.78, 5) is 0. The molecular weight excluding hydrogens is 292 g/mol. The van der Waals surface area contributed by atoms with Gasteiger partial charge >= 0.3 is 0 Å². The molecule has 2 aromatic rings. The molecule has 0 heterocycles. The molecule has 2 heteroatoms. The summed E-state index contributed by atoms with van der Waals surface area (Å²) in [6.45, 7) is 6.81. The van der Waals surface area contributed by atoms with E-state index < -0.39 is 0 Å². The molecule has 0 fully saturated rings. The van der Waals surface area contributed by atoms with Gasteiger partial charge in [0.2, 0.25) is 0 Å². The van der Waals surface area contributed by atoms with Crippen LogP contribution >= 0.6 is 0 Å². The lowest BCUT2D eigenvalue weighted by atomic mass is 9.82. The van der Waals surface area contributed by atoms with Crippen molar-refractivity contribution in [1.82, 2.24) is 0 Å². The smallest absolute Gasteiger partial charge is 0.0561 e. The van der Waals surface area contributed by atoms with E-state index >= 15 is 0 Å². The largest absolute Gasteiger partial charge is 0.279 e. The number of benzene rings is 2. The zero-order valence-corrected chi connectivity index (χ0v) is 14.6. The molecule has 2 aromatic carbocycles. The molecular formula is C22H24N2. The number of anilines is 1. The SMILES string of the molecule is CC(C)(C)C1=C(c2ccccc2/C=N/Nc2ccccc2)CC=C1. The van der Waals surface area contributed by atoms with Gasteiger partial charge in [-0.15, -0.1) is 0 Å². The number of nitrogens with zero attached hydrogens (tertiary/aromatic N) is 1. The molecule has 0 atom stereocenters. The molecule has 0 radical (unpaired) electrons. The lowest BCUT2D eigenvalue weighted by Gasteiger charge is -2.22. The van der Waals surface area contributed by atoms with E-state index in [1.165, 1.54) is 16.7 Å². The van der Waals surface area contributed by atoms with Crippen molar-refractivity contribution in [2.45, 2.75) is 27.2 Å². The summed E-state index contributed by atoms with van der Waals surface area (Å²) in [6, 6.07) is 18.5. The molecule has 0 amide bonds. The number of nitrogens with one attached hydrogen (secondary N) is 1. The van der Waals surface area contributed by atoms with Crippen molar-refractivity contribution < 1.29 is 0 Å². The minimum absolute atomic E-state index is 0.148. The maximum Gasteiger partial charge on any atom is 0.0561 e. The van der Waals surface area contributed by atoms with E-state index in [-0.39, 0.29) is 5.41 Å². The van der Waals surface area contributed by atoms with Gasteiger partial charge in [0.25, 0.3) is 0 Å². The van der Waals surface area contributed by atoms with Crippen molar-refractivity contribution in [2.24, 2.45) is 10.5 Å². The standard InChI is InChI=1S/C22H24N2/c1-22(2,3)21-15-9-14-20(21)19-13-8-7-10-17(19)16-23-24-18-11-5-4-6-12-18/h4-13,15-16,24H,14H2,1-3H3/b23-16+. The predicted molar refractivity (Wildman–Crippen MR) is 104 cm³/mol. The fourth-order valence-corrected chi connectivity index (χ4v) is 3.04. The van der Waals surface area contributed by atoms with E-state index in [1.807, 2.05) is 36.5 Å². The predicted octanol–water partition coefficient (Wildman–Crippen LogP) is 5.89. The highest BCUT2D eigenvalue weighted by molar-refractivity contribution is 5.91. The van der Waals surface area contributed by atoms with Crippen LogP contribution in [0.1, 0.15) is 38.3 Å². The zero-order chi connectivity index (χ0) is 17.0. The van der Waals surface area contributed by atoms with Crippen LogP contribution in [0.3, 0.4) is 0 Å². The summed E-state index contributed by atoms with van der Waals surface area (Å²) >= 11 is 0. The van der Waals surface area contributed by atoms with Crippen LogP contribution in [0.2, 0.25) is 0 Å². The van der Waals surface area contributed by atoms with Gasteiger partial charge in [-0.05, 0) is 40.7 Å². The Morgan fingerprint density at radius 3 is 2.42 bits per heavy atom. The van der Waals surface area contributed by atoms with Crippen molar-refractivity contribution in [3.05, 3.63) is 83.4 Å². The van der Waals surface area contributed by atoms with Crippen LogP contribution in [0.5, 0.6) is 0 Å². The van der Waals surface area contributed by atoms with Crippen LogP contribution in [-0.4, -0.2) is 6.21 Å². The lowest BCUT2D eigenvalue weighted by Crippen LogP contribution is -2.09. The lowest BCUT2D eigenvalue weighted by molar-refractivity contribution is 0.520. The van der Waals surface area contributed by atoms with Gasteiger partial charge in [0, 0.05) is 5.56 Å². The molecule has 122 valence electrons. The Kier molecular flexibility index (Phi) is 4.66. The average Bonchev–Trinajstić information content (AvgIpc) is 3.06. The molecule has 0 saturated heterocycles. The van der Waals surface area contributed by atoms with E-state index in [9.17, 15) is 0 Å². The minimum atomic E-state index is 0.148. The number of allylic oxidation sites excluding steroid dienone is 4. The summed E-state index contributed by atoms with van der Waals surface area (Å²) in [6.07, 6.45) is 7.43. The maximum absolute atomic E-state index is 4.41. The Hall–Kier alpha value is -2.61. The Balaban J connectivity index is 1.89. The Bertz CT molecular complexity index is 790. The number of rotatable bonds is 4. The van der Waals surface area contributed by atoms with E-state index in [0.29, 0.717) is 0 Å². The second kappa shape index (κ2) is 6.88. The Morgan fingerprint density at radius 1 is 0.958 bits per heavy atom. The van der Waals surface area contributed by atoms with Gasteiger partial charge < -0.3 is 0 Å². The topological polar surface area (TPSA) is 24.4 Å². The summed E-state index contributed by atoms with van der Waals surface area (Å²) in [7, 11) is 0.